The van der Waals surface area contributed by atoms with Crippen molar-refractivity contribution in [2.75, 3.05) is 59.6 Å². The van der Waals surface area contributed by atoms with Gasteiger partial charge in [-0.15, -0.1) is 0 Å². The minimum absolute atomic E-state index is 0.331. The Labute approximate surface area is 210 Å². The molecule has 0 spiro atoms. The van der Waals surface area contributed by atoms with Crippen LogP contribution in [0.4, 0.5) is 0 Å². The van der Waals surface area contributed by atoms with Crippen molar-refractivity contribution in [2.45, 2.75) is 45.3 Å². The number of allylic oxidation sites excluding steroid dienone is 1. The summed E-state index contributed by atoms with van der Waals surface area (Å²) in [5, 5.41) is 0. The standard InChI is InChI=1S/C29H41N3O3/c1-23-18-31(20-26-9-7-25(8-10-26)11-12-29(33)34-3)19-24(2)32(23)22-28-6-4-5-27(17-28)21-30-13-15-35-16-14-30/h6-12,17,23-24H,4-5,13-16,18-22H2,1-3H3/b12-11+/t23-,24+. The Hall–Kier alpha value is -2.25. The van der Waals surface area contributed by atoms with Crippen LogP contribution >= 0.6 is 0 Å². The van der Waals surface area contributed by atoms with Crippen LogP contribution in [0.25, 0.3) is 6.08 Å². The molecule has 6 heteroatoms. The number of piperazine rings is 1. The average molecular weight is 480 g/mol. The molecule has 0 saturated carbocycles. The first-order valence-electron chi connectivity index (χ1n) is 13.0. The quantitative estimate of drug-likeness (QED) is 0.418. The van der Waals surface area contributed by atoms with E-state index in [0.29, 0.717) is 12.1 Å². The summed E-state index contributed by atoms with van der Waals surface area (Å²) in [7, 11) is 1.39. The number of carbonyl (C=O) groups excluding carboxylic acids is 1. The van der Waals surface area contributed by atoms with Gasteiger partial charge in [-0.2, -0.15) is 0 Å². The van der Waals surface area contributed by atoms with Crippen molar-refractivity contribution in [1.82, 2.24) is 14.7 Å². The SMILES string of the molecule is COC(=O)/C=C/c1ccc(CN2C[C@@H](C)N(CC3=CCCC(CN4CCOCC4)=C3)[C@@H](C)C2)cc1. The summed E-state index contributed by atoms with van der Waals surface area (Å²) in [6.07, 6.45) is 10.5. The molecule has 2 heterocycles. The van der Waals surface area contributed by atoms with Gasteiger partial charge in [0.15, 0.2) is 0 Å². The third-order valence-corrected chi connectivity index (χ3v) is 7.33. The summed E-state index contributed by atoms with van der Waals surface area (Å²) in [6.45, 7) is 13.8. The Morgan fingerprint density at radius 2 is 1.74 bits per heavy atom. The number of carbonyl (C=O) groups is 1. The van der Waals surface area contributed by atoms with Gasteiger partial charge in [0.2, 0.25) is 0 Å². The van der Waals surface area contributed by atoms with Gasteiger partial charge in [0.05, 0.1) is 20.3 Å². The summed E-state index contributed by atoms with van der Waals surface area (Å²) in [5.41, 5.74) is 5.38. The number of benzene rings is 1. The molecular formula is C29H41N3O3. The van der Waals surface area contributed by atoms with Crippen molar-refractivity contribution in [3.05, 3.63) is 64.8 Å². The van der Waals surface area contributed by atoms with E-state index in [1.54, 1.807) is 11.6 Å². The topological polar surface area (TPSA) is 45.2 Å². The van der Waals surface area contributed by atoms with E-state index in [4.69, 9.17) is 4.74 Å². The molecule has 2 saturated heterocycles. The number of hydrogen-bond acceptors (Lipinski definition) is 6. The number of hydrogen-bond donors (Lipinski definition) is 0. The summed E-state index contributed by atoms with van der Waals surface area (Å²) in [6, 6.07) is 9.47. The van der Waals surface area contributed by atoms with Gasteiger partial charge >= 0.3 is 5.97 Å². The number of rotatable bonds is 8. The van der Waals surface area contributed by atoms with E-state index in [2.05, 4.69) is 69.7 Å². The maximum Gasteiger partial charge on any atom is 0.330 e. The van der Waals surface area contributed by atoms with Crippen molar-refractivity contribution >= 4 is 12.0 Å². The Kier molecular flexibility index (Phi) is 9.32. The molecule has 3 aliphatic rings. The van der Waals surface area contributed by atoms with Gasteiger partial charge in [0.1, 0.15) is 0 Å². The highest BCUT2D eigenvalue weighted by Gasteiger charge is 2.30. The van der Waals surface area contributed by atoms with Gasteiger partial charge in [-0.3, -0.25) is 14.7 Å². The summed E-state index contributed by atoms with van der Waals surface area (Å²) in [4.78, 5) is 19.1. The van der Waals surface area contributed by atoms with Crippen molar-refractivity contribution in [2.24, 2.45) is 0 Å². The molecule has 35 heavy (non-hydrogen) atoms. The van der Waals surface area contributed by atoms with E-state index in [-0.39, 0.29) is 5.97 Å². The van der Waals surface area contributed by atoms with E-state index in [1.807, 2.05) is 0 Å². The molecule has 1 aromatic carbocycles. The lowest BCUT2D eigenvalue weighted by atomic mass is 9.97. The maximum absolute atomic E-state index is 11.3. The van der Waals surface area contributed by atoms with E-state index in [0.717, 1.165) is 64.6 Å². The van der Waals surface area contributed by atoms with Crippen LogP contribution in [0.2, 0.25) is 0 Å². The largest absolute Gasteiger partial charge is 0.466 e. The predicted molar refractivity (Wildman–Crippen MR) is 141 cm³/mol. The first kappa shape index (κ1) is 25.8. The van der Waals surface area contributed by atoms with Gasteiger partial charge < -0.3 is 9.47 Å². The van der Waals surface area contributed by atoms with Crippen molar-refractivity contribution in [1.29, 1.82) is 0 Å². The smallest absolute Gasteiger partial charge is 0.330 e. The number of methoxy groups -OCH3 is 1. The number of nitrogens with zero attached hydrogens (tertiary/aromatic N) is 3. The highest BCUT2D eigenvalue weighted by Crippen LogP contribution is 2.24. The van der Waals surface area contributed by atoms with Crippen LogP contribution in [-0.4, -0.2) is 92.3 Å². The number of morpholine rings is 1. The zero-order chi connectivity index (χ0) is 24.6. The highest BCUT2D eigenvalue weighted by atomic mass is 16.5. The van der Waals surface area contributed by atoms with Crippen LogP contribution in [0.15, 0.2) is 53.6 Å². The third kappa shape index (κ3) is 7.61. The van der Waals surface area contributed by atoms with E-state index in [9.17, 15) is 4.79 Å². The zero-order valence-electron chi connectivity index (χ0n) is 21.6. The average Bonchev–Trinajstić information content (AvgIpc) is 2.86. The molecule has 2 aliphatic heterocycles. The molecule has 6 nitrogen and oxygen atoms in total. The fourth-order valence-corrected chi connectivity index (χ4v) is 5.46. The van der Waals surface area contributed by atoms with Crippen LogP contribution < -0.4 is 0 Å². The van der Waals surface area contributed by atoms with Crippen LogP contribution in [0.3, 0.4) is 0 Å². The second-order valence-corrected chi connectivity index (χ2v) is 10.2. The zero-order valence-corrected chi connectivity index (χ0v) is 21.6. The molecule has 0 N–H and O–H groups in total. The molecule has 1 aliphatic carbocycles. The van der Waals surface area contributed by atoms with Gasteiger partial charge in [0, 0.05) is 64.0 Å². The normalized spacial score (nSPS) is 24.9. The molecule has 0 aromatic heterocycles. The first-order valence-corrected chi connectivity index (χ1v) is 13.0. The Morgan fingerprint density at radius 1 is 1.03 bits per heavy atom. The van der Waals surface area contributed by atoms with Gasteiger partial charge in [0.25, 0.3) is 0 Å². The Balaban J connectivity index is 1.28. The molecule has 0 unspecified atom stereocenters. The van der Waals surface area contributed by atoms with Crippen LogP contribution in [-0.2, 0) is 20.8 Å². The van der Waals surface area contributed by atoms with Crippen molar-refractivity contribution in [3.8, 4) is 0 Å². The first-order chi connectivity index (χ1) is 17.0. The van der Waals surface area contributed by atoms with Gasteiger partial charge in [-0.25, -0.2) is 4.79 Å². The molecular weight excluding hydrogens is 438 g/mol. The fourth-order valence-electron chi connectivity index (χ4n) is 5.46. The van der Waals surface area contributed by atoms with Crippen LogP contribution in [0, 0.1) is 0 Å². The van der Waals surface area contributed by atoms with E-state index >= 15 is 0 Å². The second kappa shape index (κ2) is 12.6. The van der Waals surface area contributed by atoms with Gasteiger partial charge in [-0.1, -0.05) is 42.0 Å². The summed E-state index contributed by atoms with van der Waals surface area (Å²) in [5.74, 6) is -0.331. The molecule has 2 fully saturated rings. The lowest BCUT2D eigenvalue weighted by Crippen LogP contribution is -2.56. The lowest BCUT2D eigenvalue weighted by molar-refractivity contribution is -0.134. The van der Waals surface area contributed by atoms with E-state index < -0.39 is 0 Å². The lowest BCUT2D eigenvalue weighted by Gasteiger charge is -2.45. The molecule has 4 rings (SSSR count). The van der Waals surface area contributed by atoms with Crippen LogP contribution in [0.1, 0.15) is 37.8 Å². The minimum atomic E-state index is -0.331. The number of esters is 1. The highest BCUT2D eigenvalue weighted by molar-refractivity contribution is 5.86. The fraction of sp³-hybridized carbons (Fsp3) is 0.552. The Bertz CT molecular complexity index is 919. The molecule has 0 bridgehead atoms. The molecule has 1 aromatic rings. The monoisotopic (exact) mass is 479 g/mol. The van der Waals surface area contributed by atoms with E-state index in [1.165, 1.54) is 37.2 Å². The maximum atomic E-state index is 11.3. The molecule has 0 amide bonds. The van der Waals surface area contributed by atoms with Gasteiger partial charge in [-0.05, 0) is 49.5 Å². The molecule has 2 atom stereocenters. The van der Waals surface area contributed by atoms with Crippen molar-refractivity contribution < 1.29 is 14.3 Å². The second-order valence-electron chi connectivity index (χ2n) is 10.2. The van der Waals surface area contributed by atoms with Crippen molar-refractivity contribution in [3.63, 3.8) is 0 Å². The summed E-state index contributed by atoms with van der Waals surface area (Å²) < 4.78 is 10.2. The van der Waals surface area contributed by atoms with Crippen LogP contribution in [0.5, 0.6) is 0 Å². The summed E-state index contributed by atoms with van der Waals surface area (Å²) >= 11 is 0. The molecule has 190 valence electrons. The molecule has 0 radical (unpaired) electrons. The third-order valence-electron chi connectivity index (χ3n) is 7.33. The minimum Gasteiger partial charge on any atom is -0.466 e. The Morgan fingerprint density at radius 3 is 2.43 bits per heavy atom. The predicted octanol–water partition coefficient (Wildman–Crippen LogP) is 3.75. The number of ether oxygens (including phenoxy) is 2.